The van der Waals surface area contributed by atoms with Gasteiger partial charge < -0.3 is 14.8 Å². The summed E-state index contributed by atoms with van der Waals surface area (Å²) in [5.41, 5.74) is 1.56. The largest absolute Gasteiger partial charge is 0.493 e. The minimum atomic E-state index is -0.441. The molecule has 0 radical (unpaired) electrons. The van der Waals surface area contributed by atoms with Crippen LogP contribution >= 0.6 is 0 Å². The molecule has 1 atom stereocenters. The Kier molecular flexibility index (Phi) is 6.19. The number of nitriles is 1. The van der Waals surface area contributed by atoms with Gasteiger partial charge in [0.2, 0.25) is 0 Å². The van der Waals surface area contributed by atoms with Crippen molar-refractivity contribution in [3.05, 3.63) is 65.2 Å². The van der Waals surface area contributed by atoms with Crippen LogP contribution < -0.4 is 14.8 Å². The Balaban J connectivity index is 2.26. The number of benzene rings is 2. The van der Waals surface area contributed by atoms with Gasteiger partial charge in [-0.3, -0.25) is 4.79 Å². The number of rotatable bonds is 6. The molecule has 128 valence electrons. The highest BCUT2D eigenvalue weighted by Gasteiger charge is 2.15. The van der Waals surface area contributed by atoms with Crippen LogP contribution in [0.5, 0.6) is 11.5 Å². The van der Waals surface area contributed by atoms with Crippen molar-refractivity contribution in [2.24, 2.45) is 0 Å². The maximum atomic E-state index is 12.4. The Bertz CT molecular complexity index is 807. The van der Waals surface area contributed by atoms with Crippen LogP contribution in [0.1, 0.15) is 24.1 Å². The summed E-state index contributed by atoms with van der Waals surface area (Å²) in [4.78, 5) is 12.4. The van der Waals surface area contributed by atoms with Gasteiger partial charge in [-0.15, -0.1) is 0 Å². The summed E-state index contributed by atoms with van der Waals surface area (Å²) in [6, 6.07) is 16.6. The lowest BCUT2D eigenvalue weighted by Crippen LogP contribution is -2.27. The summed E-state index contributed by atoms with van der Waals surface area (Å²) in [5, 5.41) is 12.2. The predicted molar refractivity (Wildman–Crippen MR) is 96.1 cm³/mol. The highest BCUT2D eigenvalue weighted by molar-refractivity contribution is 6.02. The van der Waals surface area contributed by atoms with Crippen LogP contribution in [0.4, 0.5) is 0 Å². The third-order valence-electron chi connectivity index (χ3n) is 3.75. The van der Waals surface area contributed by atoms with Gasteiger partial charge in [-0.1, -0.05) is 42.5 Å². The van der Waals surface area contributed by atoms with Crippen LogP contribution in [-0.4, -0.2) is 20.1 Å². The first-order chi connectivity index (χ1) is 12.1. The predicted octanol–water partition coefficient (Wildman–Crippen LogP) is 3.49. The fraction of sp³-hybridized carbons (Fsp3) is 0.200. The zero-order valence-electron chi connectivity index (χ0n) is 14.4. The van der Waals surface area contributed by atoms with Crippen molar-refractivity contribution in [1.29, 1.82) is 5.26 Å². The van der Waals surface area contributed by atoms with E-state index in [2.05, 4.69) is 5.32 Å². The van der Waals surface area contributed by atoms with E-state index in [9.17, 15) is 10.1 Å². The SMILES string of the molecule is COc1cccc(/C=C(\C#N)C(=O)NC(C)c2ccccc2)c1OC. The monoisotopic (exact) mass is 336 g/mol. The quantitative estimate of drug-likeness (QED) is 0.647. The van der Waals surface area contributed by atoms with E-state index in [1.807, 2.05) is 43.3 Å². The molecule has 2 aromatic rings. The number of methoxy groups -OCH3 is 2. The summed E-state index contributed by atoms with van der Waals surface area (Å²) < 4.78 is 10.6. The number of ether oxygens (including phenoxy) is 2. The molecule has 0 spiro atoms. The van der Waals surface area contributed by atoms with Gasteiger partial charge in [0, 0.05) is 5.56 Å². The minimum Gasteiger partial charge on any atom is -0.493 e. The normalized spacial score (nSPS) is 12.0. The van der Waals surface area contributed by atoms with E-state index >= 15 is 0 Å². The van der Waals surface area contributed by atoms with E-state index in [1.54, 1.807) is 18.2 Å². The zero-order valence-corrected chi connectivity index (χ0v) is 14.4. The fourth-order valence-corrected chi connectivity index (χ4v) is 2.43. The molecule has 0 aliphatic carbocycles. The number of amides is 1. The molecule has 0 aliphatic rings. The zero-order chi connectivity index (χ0) is 18.2. The summed E-state index contributed by atoms with van der Waals surface area (Å²) in [5.74, 6) is 0.567. The van der Waals surface area contributed by atoms with E-state index in [4.69, 9.17) is 9.47 Å². The third-order valence-corrected chi connectivity index (χ3v) is 3.75. The highest BCUT2D eigenvalue weighted by atomic mass is 16.5. The Morgan fingerprint density at radius 1 is 1.12 bits per heavy atom. The van der Waals surface area contributed by atoms with Crippen molar-refractivity contribution >= 4 is 12.0 Å². The number of hydrogen-bond donors (Lipinski definition) is 1. The molecular weight excluding hydrogens is 316 g/mol. The number of carbonyl (C=O) groups is 1. The van der Waals surface area contributed by atoms with Crippen molar-refractivity contribution in [2.75, 3.05) is 14.2 Å². The number of para-hydroxylation sites is 1. The standard InChI is InChI=1S/C20H20N2O3/c1-14(15-8-5-4-6-9-15)22-20(23)17(13-21)12-16-10-7-11-18(24-2)19(16)25-3/h4-12,14H,1-3H3,(H,22,23)/b17-12+. The first-order valence-corrected chi connectivity index (χ1v) is 7.79. The first kappa shape index (κ1) is 18.1. The van der Waals surface area contributed by atoms with E-state index < -0.39 is 5.91 Å². The first-order valence-electron chi connectivity index (χ1n) is 7.79. The van der Waals surface area contributed by atoms with Crippen LogP contribution in [0.3, 0.4) is 0 Å². The molecule has 0 heterocycles. The summed E-state index contributed by atoms with van der Waals surface area (Å²) in [7, 11) is 3.05. The van der Waals surface area contributed by atoms with Gasteiger partial charge in [0.1, 0.15) is 11.6 Å². The Hall–Kier alpha value is -3.26. The lowest BCUT2D eigenvalue weighted by Gasteiger charge is -2.14. The average molecular weight is 336 g/mol. The van der Waals surface area contributed by atoms with Crippen LogP contribution in [0.15, 0.2) is 54.1 Å². The molecule has 5 heteroatoms. The molecule has 25 heavy (non-hydrogen) atoms. The Morgan fingerprint density at radius 3 is 2.44 bits per heavy atom. The minimum absolute atomic E-state index is 0.00525. The molecule has 1 N–H and O–H groups in total. The molecule has 1 amide bonds. The molecule has 5 nitrogen and oxygen atoms in total. The second-order valence-corrected chi connectivity index (χ2v) is 5.36. The van der Waals surface area contributed by atoms with Crippen molar-refractivity contribution in [3.63, 3.8) is 0 Å². The van der Waals surface area contributed by atoms with E-state index in [0.29, 0.717) is 17.1 Å². The van der Waals surface area contributed by atoms with Crippen LogP contribution in [0.25, 0.3) is 6.08 Å². The maximum absolute atomic E-state index is 12.4. The molecule has 0 fully saturated rings. The van der Waals surface area contributed by atoms with E-state index in [-0.39, 0.29) is 11.6 Å². The van der Waals surface area contributed by atoms with Crippen molar-refractivity contribution in [3.8, 4) is 17.6 Å². The Labute approximate surface area is 147 Å². The van der Waals surface area contributed by atoms with Gasteiger partial charge in [0.05, 0.1) is 20.3 Å². The highest BCUT2D eigenvalue weighted by Crippen LogP contribution is 2.32. The van der Waals surface area contributed by atoms with Gasteiger partial charge in [0.15, 0.2) is 11.5 Å². The molecule has 0 saturated carbocycles. The molecular formula is C20H20N2O3. The lowest BCUT2D eigenvalue weighted by molar-refractivity contribution is -0.117. The fourth-order valence-electron chi connectivity index (χ4n) is 2.43. The summed E-state index contributed by atoms with van der Waals surface area (Å²) >= 11 is 0. The van der Waals surface area contributed by atoms with Crippen molar-refractivity contribution in [1.82, 2.24) is 5.32 Å². The van der Waals surface area contributed by atoms with Gasteiger partial charge in [-0.25, -0.2) is 0 Å². The smallest absolute Gasteiger partial charge is 0.262 e. The van der Waals surface area contributed by atoms with E-state index in [0.717, 1.165) is 5.56 Å². The molecule has 2 rings (SSSR count). The van der Waals surface area contributed by atoms with Crippen molar-refractivity contribution < 1.29 is 14.3 Å². The summed E-state index contributed by atoms with van der Waals surface area (Å²) in [6.45, 7) is 1.87. The number of nitrogens with zero attached hydrogens (tertiary/aromatic N) is 1. The molecule has 0 saturated heterocycles. The average Bonchev–Trinajstić information content (AvgIpc) is 2.66. The lowest BCUT2D eigenvalue weighted by atomic mass is 10.1. The Morgan fingerprint density at radius 2 is 1.84 bits per heavy atom. The van der Waals surface area contributed by atoms with Gasteiger partial charge >= 0.3 is 0 Å². The van der Waals surface area contributed by atoms with Gasteiger partial charge in [-0.05, 0) is 24.6 Å². The molecule has 0 aromatic heterocycles. The molecule has 0 aliphatic heterocycles. The number of hydrogen-bond acceptors (Lipinski definition) is 4. The third kappa shape index (κ3) is 4.39. The van der Waals surface area contributed by atoms with Crippen molar-refractivity contribution in [2.45, 2.75) is 13.0 Å². The topological polar surface area (TPSA) is 71.3 Å². The van der Waals surface area contributed by atoms with Crippen LogP contribution in [-0.2, 0) is 4.79 Å². The summed E-state index contributed by atoms with van der Waals surface area (Å²) in [6.07, 6.45) is 1.49. The van der Waals surface area contributed by atoms with E-state index in [1.165, 1.54) is 20.3 Å². The van der Waals surface area contributed by atoms with Crippen LogP contribution in [0.2, 0.25) is 0 Å². The number of carbonyl (C=O) groups excluding carboxylic acids is 1. The molecule has 1 unspecified atom stereocenters. The molecule has 2 aromatic carbocycles. The number of nitrogens with one attached hydrogen (secondary N) is 1. The molecule has 0 bridgehead atoms. The second-order valence-electron chi connectivity index (χ2n) is 5.36. The second kappa shape index (κ2) is 8.55. The van der Waals surface area contributed by atoms with Gasteiger partial charge in [-0.2, -0.15) is 5.26 Å². The van der Waals surface area contributed by atoms with Crippen LogP contribution in [0, 0.1) is 11.3 Å². The maximum Gasteiger partial charge on any atom is 0.262 e. The van der Waals surface area contributed by atoms with Gasteiger partial charge in [0.25, 0.3) is 5.91 Å².